The largest absolute Gasteiger partial charge is 0.399 e. The highest BCUT2D eigenvalue weighted by Gasteiger charge is 2.40. The third-order valence-electron chi connectivity index (χ3n) is 3.62. The molecule has 20 heavy (non-hydrogen) atoms. The zero-order valence-electron chi connectivity index (χ0n) is 10.4. The quantitative estimate of drug-likeness (QED) is 0.518. The lowest BCUT2D eigenvalue weighted by Gasteiger charge is -2.29. The minimum absolute atomic E-state index is 0.00194. The molecule has 0 aromatic heterocycles. The van der Waals surface area contributed by atoms with E-state index in [1.165, 1.54) is 0 Å². The Morgan fingerprint density at radius 2 is 1.45 bits per heavy atom. The molecule has 0 fully saturated rings. The fourth-order valence-corrected chi connectivity index (χ4v) is 2.51. The number of fused-ring (bicyclic) bond motifs is 1. The van der Waals surface area contributed by atoms with Crippen LogP contribution in [-0.4, -0.2) is 23.3 Å². The maximum atomic E-state index is 12.5. The van der Waals surface area contributed by atoms with Gasteiger partial charge in [-0.05, 0) is 0 Å². The zero-order chi connectivity index (χ0) is 14.6. The van der Waals surface area contributed by atoms with Crippen LogP contribution in [0.25, 0.3) is 0 Å². The zero-order valence-corrected chi connectivity index (χ0v) is 10.4. The number of nitrogens with two attached hydrogens (primary N) is 3. The molecule has 1 aromatic rings. The summed E-state index contributed by atoms with van der Waals surface area (Å²) in [4.78, 5) is 25.0. The summed E-state index contributed by atoms with van der Waals surface area (Å²) in [5.41, 5.74) is 17.7. The molecule has 0 saturated heterocycles. The summed E-state index contributed by atoms with van der Waals surface area (Å²) in [5.74, 6) is -0.807. The molecular formula is C14H12N4O2. The maximum absolute atomic E-state index is 12.5. The molecule has 0 aliphatic heterocycles. The molecule has 3 rings (SSSR count). The van der Waals surface area contributed by atoms with Crippen molar-refractivity contribution < 1.29 is 9.59 Å². The molecule has 0 amide bonds. The van der Waals surface area contributed by atoms with Gasteiger partial charge in [-0.15, -0.1) is 0 Å². The Morgan fingerprint density at radius 3 is 2.00 bits per heavy atom. The van der Waals surface area contributed by atoms with Gasteiger partial charge in [-0.25, -0.2) is 0 Å². The van der Waals surface area contributed by atoms with Crippen LogP contribution in [0.3, 0.4) is 0 Å². The molecule has 100 valence electrons. The number of Topliss-reactive ketones (excluding diaryl/α,β-unsaturated/α-hetero) is 2. The molecule has 1 aromatic carbocycles. The van der Waals surface area contributed by atoms with Gasteiger partial charge in [0.25, 0.3) is 0 Å². The van der Waals surface area contributed by atoms with Crippen molar-refractivity contribution in [3.05, 3.63) is 57.9 Å². The van der Waals surface area contributed by atoms with E-state index < -0.39 is 17.6 Å². The first-order valence-electron chi connectivity index (χ1n) is 5.97. The number of benzene rings is 1. The van der Waals surface area contributed by atoms with Gasteiger partial charge in [0.05, 0.1) is 34.3 Å². The van der Waals surface area contributed by atoms with E-state index in [2.05, 4.69) is 0 Å². The number of rotatable bonds is 0. The molecule has 2 aliphatic carbocycles. The van der Waals surface area contributed by atoms with Gasteiger partial charge in [-0.2, -0.15) is 0 Å². The van der Waals surface area contributed by atoms with E-state index >= 15 is 0 Å². The smallest absolute Gasteiger partial charge is 0.196 e. The Morgan fingerprint density at radius 1 is 0.950 bits per heavy atom. The van der Waals surface area contributed by atoms with Gasteiger partial charge < -0.3 is 22.6 Å². The summed E-state index contributed by atoms with van der Waals surface area (Å²) >= 11 is 0. The van der Waals surface area contributed by atoms with Crippen LogP contribution in [0.4, 0.5) is 0 Å². The molecule has 1 atom stereocenters. The monoisotopic (exact) mass is 268 g/mol. The van der Waals surface area contributed by atoms with E-state index in [1.807, 2.05) is 0 Å². The minimum atomic E-state index is -0.962. The third-order valence-corrected chi connectivity index (χ3v) is 3.62. The van der Waals surface area contributed by atoms with Gasteiger partial charge >= 0.3 is 0 Å². The normalized spacial score (nSPS) is 22.1. The summed E-state index contributed by atoms with van der Waals surface area (Å²) in [7, 11) is 0. The first kappa shape index (κ1) is 12.3. The van der Waals surface area contributed by atoms with Gasteiger partial charge in [0.15, 0.2) is 11.6 Å². The van der Waals surface area contributed by atoms with Crippen LogP contribution in [0, 0.1) is 5.41 Å². The minimum Gasteiger partial charge on any atom is -0.399 e. The molecule has 0 bridgehead atoms. The number of carbonyl (C=O) groups is 2. The summed E-state index contributed by atoms with van der Waals surface area (Å²) in [6.45, 7) is 0. The first-order valence-corrected chi connectivity index (χ1v) is 5.97. The van der Waals surface area contributed by atoms with Crippen molar-refractivity contribution in [1.29, 1.82) is 5.41 Å². The second kappa shape index (κ2) is 3.88. The molecule has 0 heterocycles. The molecule has 7 N–H and O–H groups in total. The van der Waals surface area contributed by atoms with Crippen LogP contribution in [-0.2, 0) is 0 Å². The summed E-state index contributed by atoms with van der Waals surface area (Å²) < 4.78 is 0. The van der Waals surface area contributed by atoms with E-state index in [0.29, 0.717) is 0 Å². The lowest BCUT2D eigenvalue weighted by molar-refractivity contribution is 0.0980. The van der Waals surface area contributed by atoms with E-state index in [-0.39, 0.29) is 39.4 Å². The molecular weight excluding hydrogens is 256 g/mol. The van der Waals surface area contributed by atoms with Crippen molar-refractivity contribution in [3.8, 4) is 0 Å². The van der Waals surface area contributed by atoms with Gasteiger partial charge in [-0.1, -0.05) is 24.3 Å². The Labute approximate surface area is 114 Å². The number of hydrogen-bond donors (Lipinski definition) is 4. The number of hydrogen-bond acceptors (Lipinski definition) is 6. The van der Waals surface area contributed by atoms with Crippen molar-refractivity contribution in [2.75, 3.05) is 0 Å². The van der Waals surface area contributed by atoms with Crippen LogP contribution in [0.1, 0.15) is 20.7 Å². The van der Waals surface area contributed by atoms with E-state index in [9.17, 15) is 9.59 Å². The van der Waals surface area contributed by atoms with E-state index in [1.54, 1.807) is 24.3 Å². The van der Waals surface area contributed by atoms with Crippen LogP contribution in [0.2, 0.25) is 0 Å². The molecule has 1 unspecified atom stereocenters. The summed E-state index contributed by atoms with van der Waals surface area (Å²) in [5, 5.41) is 7.98. The number of carbonyl (C=O) groups excluding carboxylic acids is 2. The number of allylic oxidation sites excluding steroid dienone is 1. The average Bonchev–Trinajstić information content (AvgIpc) is 2.46. The maximum Gasteiger partial charge on any atom is 0.196 e. The fourth-order valence-electron chi connectivity index (χ4n) is 2.51. The Kier molecular flexibility index (Phi) is 2.39. The summed E-state index contributed by atoms with van der Waals surface area (Å²) in [6, 6.07) is 5.47. The molecule has 0 radical (unpaired) electrons. The van der Waals surface area contributed by atoms with Crippen LogP contribution in [0.15, 0.2) is 46.8 Å². The van der Waals surface area contributed by atoms with Gasteiger partial charge in [0.2, 0.25) is 0 Å². The number of ketones is 2. The predicted molar refractivity (Wildman–Crippen MR) is 73.2 cm³/mol. The highest BCUT2D eigenvalue weighted by atomic mass is 16.1. The second-order valence-electron chi connectivity index (χ2n) is 4.71. The van der Waals surface area contributed by atoms with Crippen LogP contribution >= 0.6 is 0 Å². The Hall–Kier alpha value is -2.73. The average molecular weight is 268 g/mol. The standard InChI is InChI=1S/C14H12N4O2/c15-9-7-8(10(16)12(18)11(9)17)14(20)6-4-2-1-3-5(6)13(7)19/h1-4,11,15H,16-18H2. The van der Waals surface area contributed by atoms with Crippen molar-refractivity contribution in [3.63, 3.8) is 0 Å². The van der Waals surface area contributed by atoms with Crippen molar-refractivity contribution in [2.24, 2.45) is 17.2 Å². The molecule has 6 nitrogen and oxygen atoms in total. The molecule has 2 aliphatic rings. The van der Waals surface area contributed by atoms with Crippen molar-refractivity contribution in [1.82, 2.24) is 0 Å². The highest BCUT2D eigenvalue weighted by Crippen LogP contribution is 2.33. The van der Waals surface area contributed by atoms with Crippen molar-refractivity contribution in [2.45, 2.75) is 6.04 Å². The number of nitrogens with one attached hydrogen (secondary N) is 1. The third kappa shape index (κ3) is 1.33. The van der Waals surface area contributed by atoms with Crippen LogP contribution < -0.4 is 17.2 Å². The van der Waals surface area contributed by atoms with Gasteiger partial charge in [0.1, 0.15) is 0 Å². The SMILES string of the molecule is N=C1C2=C(C(=O)c3ccccc3C2=O)C(N)=C(N)C1N. The predicted octanol–water partition coefficient (Wildman–Crippen LogP) is -0.148. The topological polar surface area (TPSA) is 136 Å². The van der Waals surface area contributed by atoms with Crippen LogP contribution in [0.5, 0.6) is 0 Å². The highest BCUT2D eigenvalue weighted by molar-refractivity contribution is 6.40. The second-order valence-corrected chi connectivity index (χ2v) is 4.71. The molecule has 0 saturated carbocycles. The lowest BCUT2D eigenvalue weighted by atomic mass is 9.76. The van der Waals surface area contributed by atoms with Crippen molar-refractivity contribution >= 4 is 17.3 Å². The van der Waals surface area contributed by atoms with Gasteiger partial charge in [0, 0.05) is 11.1 Å². The molecule has 6 heteroatoms. The lowest BCUT2D eigenvalue weighted by Crippen LogP contribution is -2.46. The van der Waals surface area contributed by atoms with E-state index in [4.69, 9.17) is 22.6 Å². The Balaban J connectivity index is 2.35. The van der Waals surface area contributed by atoms with Gasteiger partial charge in [-0.3, -0.25) is 9.59 Å². The first-order chi connectivity index (χ1) is 9.45. The molecule has 0 spiro atoms. The fraction of sp³-hybridized carbons (Fsp3) is 0.0714. The summed E-state index contributed by atoms with van der Waals surface area (Å²) in [6.07, 6.45) is 0. The Bertz CT molecular complexity index is 758. The van der Waals surface area contributed by atoms with E-state index in [0.717, 1.165) is 0 Å².